The number of amides is 1. The molecule has 0 spiro atoms. The molecule has 0 saturated carbocycles. The quantitative estimate of drug-likeness (QED) is 0.373. The highest BCUT2D eigenvalue weighted by Crippen LogP contribution is 1.77. The zero-order valence-electron chi connectivity index (χ0n) is 5.92. The molecule has 0 fully saturated rings. The summed E-state index contributed by atoms with van der Waals surface area (Å²) in [6.07, 6.45) is 1.57. The van der Waals surface area contributed by atoms with Gasteiger partial charge in [0, 0.05) is 6.54 Å². The Bertz CT molecular complexity index is 125. The highest BCUT2D eigenvalue weighted by molar-refractivity contribution is 5.81. The predicted octanol–water partition coefficient (Wildman–Crippen LogP) is -0.344. The van der Waals surface area contributed by atoms with Gasteiger partial charge in [-0.05, 0) is 6.92 Å². The van der Waals surface area contributed by atoms with Gasteiger partial charge in [-0.2, -0.15) is 5.48 Å². The van der Waals surface area contributed by atoms with Gasteiger partial charge in [0.2, 0.25) is 5.91 Å². The fraction of sp³-hybridized carbons (Fsp3) is 0.500. The van der Waals surface area contributed by atoms with Crippen LogP contribution < -0.4 is 10.8 Å². The Morgan fingerprint density at radius 3 is 2.90 bits per heavy atom. The lowest BCUT2D eigenvalue weighted by Gasteiger charge is -2.07. The minimum atomic E-state index is -0.569. The molecule has 0 radical (unpaired) electrons. The van der Waals surface area contributed by atoms with Crippen molar-refractivity contribution in [2.75, 3.05) is 6.54 Å². The van der Waals surface area contributed by atoms with Crippen LogP contribution >= 0.6 is 0 Å². The van der Waals surface area contributed by atoms with Crippen molar-refractivity contribution < 1.29 is 10.0 Å². The third kappa shape index (κ3) is 3.21. The second kappa shape index (κ2) is 4.96. The van der Waals surface area contributed by atoms with Gasteiger partial charge in [-0.15, -0.1) is 6.58 Å². The molecule has 3 N–H and O–H groups in total. The average molecular weight is 144 g/mol. The van der Waals surface area contributed by atoms with Crippen molar-refractivity contribution in [2.45, 2.75) is 13.0 Å². The minimum absolute atomic E-state index is 0.248. The van der Waals surface area contributed by atoms with Gasteiger partial charge >= 0.3 is 0 Å². The molecule has 1 amide bonds. The highest BCUT2D eigenvalue weighted by atomic mass is 16.5. The Morgan fingerprint density at radius 1 is 1.90 bits per heavy atom. The van der Waals surface area contributed by atoms with Crippen molar-refractivity contribution in [3.8, 4) is 0 Å². The number of carbonyl (C=O) groups excluding carboxylic acids is 1. The van der Waals surface area contributed by atoms with Crippen molar-refractivity contribution in [3.05, 3.63) is 12.7 Å². The van der Waals surface area contributed by atoms with Crippen LogP contribution in [0.2, 0.25) is 0 Å². The van der Waals surface area contributed by atoms with E-state index in [0.717, 1.165) is 0 Å². The van der Waals surface area contributed by atoms with Gasteiger partial charge in [-0.25, -0.2) is 0 Å². The molecule has 0 unspecified atom stereocenters. The first-order valence-corrected chi connectivity index (χ1v) is 3.00. The Labute approximate surface area is 59.9 Å². The Balaban J connectivity index is 3.51. The van der Waals surface area contributed by atoms with Gasteiger partial charge in [-0.3, -0.25) is 4.79 Å². The Morgan fingerprint density at radius 2 is 2.50 bits per heavy atom. The fourth-order valence-electron chi connectivity index (χ4n) is 0.384. The maximum atomic E-state index is 10.8. The SMILES string of the molecule is C=CCNC(=O)[C@H](C)NO. The second-order valence-corrected chi connectivity index (χ2v) is 1.88. The van der Waals surface area contributed by atoms with Crippen molar-refractivity contribution in [1.29, 1.82) is 0 Å². The van der Waals surface area contributed by atoms with Gasteiger partial charge in [-0.1, -0.05) is 6.08 Å². The van der Waals surface area contributed by atoms with Crippen molar-refractivity contribution in [1.82, 2.24) is 10.8 Å². The van der Waals surface area contributed by atoms with Gasteiger partial charge in [0.25, 0.3) is 0 Å². The molecule has 0 rings (SSSR count). The topological polar surface area (TPSA) is 61.4 Å². The summed E-state index contributed by atoms with van der Waals surface area (Å²) in [7, 11) is 0. The van der Waals surface area contributed by atoms with Gasteiger partial charge in [0.1, 0.15) is 6.04 Å². The van der Waals surface area contributed by atoms with Crippen LogP contribution in [0.15, 0.2) is 12.7 Å². The lowest BCUT2D eigenvalue weighted by atomic mass is 10.3. The van der Waals surface area contributed by atoms with E-state index >= 15 is 0 Å². The zero-order chi connectivity index (χ0) is 7.98. The number of hydrogen-bond acceptors (Lipinski definition) is 3. The summed E-state index contributed by atoms with van der Waals surface area (Å²) in [6, 6.07) is -0.569. The number of rotatable bonds is 4. The second-order valence-electron chi connectivity index (χ2n) is 1.88. The van der Waals surface area contributed by atoms with Crippen molar-refractivity contribution >= 4 is 5.91 Å². The molecule has 0 aromatic carbocycles. The summed E-state index contributed by atoms with van der Waals surface area (Å²) in [4.78, 5) is 10.8. The molecular weight excluding hydrogens is 132 g/mol. The van der Waals surface area contributed by atoms with E-state index < -0.39 is 6.04 Å². The minimum Gasteiger partial charge on any atom is -0.351 e. The number of carbonyl (C=O) groups is 1. The van der Waals surface area contributed by atoms with Crippen LogP contribution in [0.1, 0.15) is 6.92 Å². The van der Waals surface area contributed by atoms with E-state index in [1.165, 1.54) is 0 Å². The normalized spacial score (nSPS) is 12.2. The van der Waals surface area contributed by atoms with E-state index in [4.69, 9.17) is 5.21 Å². The van der Waals surface area contributed by atoms with E-state index in [-0.39, 0.29) is 5.91 Å². The summed E-state index contributed by atoms with van der Waals surface area (Å²) in [5, 5.41) is 10.8. The van der Waals surface area contributed by atoms with Crippen LogP contribution in [0.3, 0.4) is 0 Å². The molecule has 1 atom stereocenters. The molecule has 0 bridgehead atoms. The van der Waals surface area contributed by atoms with Gasteiger partial charge in [0.15, 0.2) is 0 Å². The first-order chi connectivity index (χ1) is 4.72. The van der Waals surface area contributed by atoms with Crippen LogP contribution in [0.25, 0.3) is 0 Å². The largest absolute Gasteiger partial charge is 0.351 e. The maximum Gasteiger partial charge on any atom is 0.239 e. The fourth-order valence-corrected chi connectivity index (χ4v) is 0.384. The highest BCUT2D eigenvalue weighted by Gasteiger charge is 2.08. The third-order valence-electron chi connectivity index (χ3n) is 1.01. The summed E-state index contributed by atoms with van der Waals surface area (Å²) in [6.45, 7) is 5.40. The zero-order valence-corrected chi connectivity index (χ0v) is 5.92. The molecule has 58 valence electrons. The maximum absolute atomic E-state index is 10.8. The van der Waals surface area contributed by atoms with E-state index in [9.17, 15) is 4.79 Å². The van der Waals surface area contributed by atoms with Gasteiger partial charge < -0.3 is 10.5 Å². The number of hydroxylamine groups is 1. The molecule has 0 heterocycles. The average Bonchev–Trinajstić information content (AvgIpc) is 1.98. The summed E-state index contributed by atoms with van der Waals surface area (Å²) >= 11 is 0. The van der Waals surface area contributed by atoms with E-state index in [2.05, 4.69) is 11.9 Å². The molecule has 0 saturated heterocycles. The number of nitrogens with one attached hydrogen (secondary N) is 2. The third-order valence-corrected chi connectivity index (χ3v) is 1.01. The van der Waals surface area contributed by atoms with Crippen LogP contribution in [-0.2, 0) is 4.79 Å². The van der Waals surface area contributed by atoms with E-state index in [1.54, 1.807) is 13.0 Å². The smallest absolute Gasteiger partial charge is 0.239 e. The first kappa shape index (κ1) is 9.13. The van der Waals surface area contributed by atoms with E-state index in [1.807, 2.05) is 5.48 Å². The van der Waals surface area contributed by atoms with Gasteiger partial charge in [0.05, 0.1) is 0 Å². The standard InChI is InChI=1S/C6H12N2O2/c1-3-4-7-6(9)5(2)8-10/h3,5,8,10H,1,4H2,2H3,(H,7,9)/t5-/m0/s1. The summed E-state index contributed by atoms with van der Waals surface area (Å²) < 4.78 is 0. The molecule has 10 heavy (non-hydrogen) atoms. The Hall–Kier alpha value is -0.870. The van der Waals surface area contributed by atoms with E-state index in [0.29, 0.717) is 6.54 Å². The van der Waals surface area contributed by atoms with Crippen LogP contribution in [0, 0.1) is 0 Å². The molecule has 0 aliphatic heterocycles. The molecule has 4 nitrogen and oxygen atoms in total. The Kier molecular flexibility index (Phi) is 4.53. The molecule has 0 aromatic rings. The van der Waals surface area contributed by atoms with Crippen molar-refractivity contribution in [3.63, 3.8) is 0 Å². The molecule has 4 heteroatoms. The number of hydrogen-bond donors (Lipinski definition) is 3. The van der Waals surface area contributed by atoms with Crippen LogP contribution in [-0.4, -0.2) is 23.7 Å². The lowest BCUT2D eigenvalue weighted by molar-refractivity contribution is -0.124. The van der Waals surface area contributed by atoms with Crippen LogP contribution in [0.5, 0.6) is 0 Å². The molecule has 0 aromatic heterocycles. The monoisotopic (exact) mass is 144 g/mol. The summed E-state index contributed by atoms with van der Waals surface area (Å²) in [5.74, 6) is -0.248. The molecular formula is C6H12N2O2. The predicted molar refractivity (Wildman–Crippen MR) is 37.6 cm³/mol. The molecule has 0 aliphatic rings. The lowest BCUT2D eigenvalue weighted by Crippen LogP contribution is -2.40. The first-order valence-electron chi connectivity index (χ1n) is 3.00. The van der Waals surface area contributed by atoms with Crippen molar-refractivity contribution in [2.24, 2.45) is 0 Å². The summed E-state index contributed by atoms with van der Waals surface area (Å²) in [5.41, 5.74) is 1.83. The van der Waals surface area contributed by atoms with Crippen LogP contribution in [0.4, 0.5) is 0 Å². The molecule has 0 aliphatic carbocycles.